The van der Waals surface area contributed by atoms with Crippen LogP contribution in [0.5, 0.6) is 0 Å². The highest BCUT2D eigenvalue weighted by atomic mass is 35.5. The number of halogens is 2. The van der Waals surface area contributed by atoms with Gasteiger partial charge in [-0.25, -0.2) is 4.39 Å². The van der Waals surface area contributed by atoms with Gasteiger partial charge in [-0.1, -0.05) is 31.0 Å². The zero-order chi connectivity index (χ0) is 13.8. The molecular weight excluding hydrogens is 283 g/mol. The van der Waals surface area contributed by atoms with Gasteiger partial charge in [-0.3, -0.25) is 0 Å². The molecule has 0 saturated carbocycles. The molecule has 1 unspecified atom stereocenters. The van der Waals surface area contributed by atoms with E-state index < -0.39 is 5.82 Å². The standard InChI is InChI=1S/C14H16ClFN2S/c1-2-4-12(14-5-3-6-19-14)18-13-7-9(15)10(16)8-11(13)17/h3,5-8,12,18H,2,4,17H2,1H3. The summed E-state index contributed by atoms with van der Waals surface area (Å²) in [5.41, 5.74) is 6.88. The summed E-state index contributed by atoms with van der Waals surface area (Å²) in [5, 5.41) is 5.48. The van der Waals surface area contributed by atoms with E-state index in [2.05, 4.69) is 18.3 Å². The Balaban J connectivity index is 2.24. The van der Waals surface area contributed by atoms with Gasteiger partial charge in [0.25, 0.3) is 0 Å². The zero-order valence-electron chi connectivity index (χ0n) is 10.6. The van der Waals surface area contributed by atoms with E-state index >= 15 is 0 Å². The topological polar surface area (TPSA) is 38.0 Å². The summed E-state index contributed by atoms with van der Waals surface area (Å²) >= 11 is 7.50. The second kappa shape index (κ2) is 6.26. The van der Waals surface area contributed by atoms with Crippen LogP contribution >= 0.6 is 22.9 Å². The van der Waals surface area contributed by atoms with E-state index in [4.69, 9.17) is 17.3 Å². The number of hydrogen-bond donors (Lipinski definition) is 2. The second-order valence-corrected chi connectivity index (χ2v) is 5.74. The summed E-state index contributed by atoms with van der Waals surface area (Å²) in [4.78, 5) is 1.24. The number of nitrogens with two attached hydrogens (primary N) is 1. The smallest absolute Gasteiger partial charge is 0.143 e. The van der Waals surface area contributed by atoms with Crippen molar-refractivity contribution in [3.8, 4) is 0 Å². The lowest BCUT2D eigenvalue weighted by Crippen LogP contribution is -2.11. The molecule has 2 nitrogen and oxygen atoms in total. The Morgan fingerprint density at radius 2 is 2.26 bits per heavy atom. The molecule has 0 radical (unpaired) electrons. The minimum Gasteiger partial charge on any atom is -0.397 e. The van der Waals surface area contributed by atoms with Crippen molar-refractivity contribution in [3.63, 3.8) is 0 Å². The van der Waals surface area contributed by atoms with Gasteiger partial charge in [0.1, 0.15) is 5.82 Å². The van der Waals surface area contributed by atoms with Gasteiger partial charge >= 0.3 is 0 Å². The molecule has 0 amide bonds. The summed E-state index contributed by atoms with van der Waals surface area (Å²) in [5.74, 6) is -0.493. The summed E-state index contributed by atoms with van der Waals surface area (Å²) in [6.45, 7) is 2.13. The highest BCUT2D eigenvalue weighted by molar-refractivity contribution is 7.10. The SMILES string of the molecule is CCCC(Nc1cc(Cl)c(F)cc1N)c1cccs1. The van der Waals surface area contributed by atoms with E-state index in [9.17, 15) is 4.39 Å². The summed E-state index contributed by atoms with van der Waals surface area (Å²) in [7, 11) is 0. The van der Waals surface area contributed by atoms with E-state index in [1.165, 1.54) is 10.9 Å². The molecule has 3 N–H and O–H groups in total. The molecule has 2 aromatic rings. The molecule has 1 heterocycles. The lowest BCUT2D eigenvalue weighted by Gasteiger charge is -2.19. The molecule has 1 aromatic carbocycles. The molecular formula is C14H16ClFN2S. The maximum absolute atomic E-state index is 13.3. The first-order chi connectivity index (χ1) is 9.11. The maximum atomic E-state index is 13.3. The van der Waals surface area contributed by atoms with Gasteiger partial charge < -0.3 is 11.1 Å². The Labute approximate surface area is 121 Å². The predicted molar refractivity (Wildman–Crippen MR) is 81.4 cm³/mol. The number of thiophene rings is 1. The quantitative estimate of drug-likeness (QED) is 0.756. The van der Waals surface area contributed by atoms with E-state index in [0.717, 1.165) is 12.8 Å². The largest absolute Gasteiger partial charge is 0.397 e. The minimum atomic E-state index is -0.493. The van der Waals surface area contributed by atoms with Crippen LogP contribution in [0.3, 0.4) is 0 Å². The van der Waals surface area contributed by atoms with E-state index in [0.29, 0.717) is 11.4 Å². The Hall–Kier alpha value is -1.26. The first-order valence-electron chi connectivity index (χ1n) is 6.16. The van der Waals surface area contributed by atoms with Crippen molar-refractivity contribution in [2.24, 2.45) is 0 Å². The van der Waals surface area contributed by atoms with Gasteiger partial charge in [0, 0.05) is 10.9 Å². The molecule has 2 rings (SSSR count). The van der Waals surface area contributed by atoms with Crippen LogP contribution < -0.4 is 11.1 Å². The molecule has 0 fully saturated rings. The van der Waals surface area contributed by atoms with E-state index in [1.54, 1.807) is 17.4 Å². The highest BCUT2D eigenvalue weighted by Crippen LogP contribution is 2.32. The lowest BCUT2D eigenvalue weighted by atomic mass is 10.1. The van der Waals surface area contributed by atoms with Gasteiger partial charge in [0.2, 0.25) is 0 Å². The maximum Gasteiger partial charge on any atom is 0.143 e. The van der Waals surface area contributed by atoms with Gasteiger partial charge in [-0.2, -0.15) is 0 Å². The van der Waals surface area contributed by atoms with Crippen LogP contribution in [0, 0.1) is 5.82 Å². The number of benzene rings is 1. The molecule has 19 heavy (non-hydrogen) atoms. The average Bonchev–Trinajstić information content (AvgIpc) is 2.89. The number of rotatable bonds is 5. The van der Waals surface area contributed by atoms with Crippen LogP contribution in [0.1, 0.15) is 30.7 Å². The van der Waals surface area contributed by atoms with Gasteiger partial charge in [-0.15, -0.1) is 11.3 Å². The minimum absolute atomic E-state index is 0.0816. The fourth-order valence-corrected chi connectivity index (χ4v) is 2.91. The Kier molecular flexibility index (Phi) is 4.66. The number of hydrogen-bond acceptors (Lipinski definition) is 3. The Morgan fingerprint density at radius 3 is 2.89 bits per heavy atom. The Morgan fingerprint density at radius 1 is 1.47 bits per heavy atom. The number of nitrogen functional groups attached to an aromatic ring is 1. The summed E-state index contributed by atoms with van der Waals surface area (Å²) < 4.78 is 13.3. The number of nitrogens with one attached hydrogen (secondary N) is 1. The molecule has 102 valence electrons. The van der Waals surface area contributed by atoms with Crippen LogP contribution in [-0.4, -0.2) is 0 Å². The average molecular weight is 299 g/mol. The van der Waals surface area contributed by atoms with Crippen molar-refractivity contribution >= 4 is 34.3 Å². The fraction of sp³-hybridized carbons (Fsp3) is 0.286. The van der Waals surface area contributed by atoms with Gasteiger partial charge in [-0.05, 0) is 23.9 Å². The van der Waals surface area contributed by atoms with Gasteiger partial charge in [0.05, 0.1) is 22.4 Å². The monoisotopic (exact) mass is 298 g/mol. The van der Waals surface area contributed by atoms with Crippen molar-refractivity contribution in [2.45, 2.75) is 25.8 Å². The third kappa shape index (κ3) is 3.39. The van der Waals surface area contributed by atoms with Crippen molar-refractivity contribution in [2.75, 3.05) is 11.1 Å². The first kappa shape index (κ1) is 14.2. The third-order valence-corrected chi connectivity index (χ3v) is 4.16. The van der Waals surface area contributed by atoms with Crippen molar-refractivity contribution in [1.82, 2.24) is 0 Å². The molecule has 0 aliphatic heterocycles. The lowest BCUT2D eigenvalue weighted by molar-refractivity contribution is 0.628. The molecule has 0 aliphatic carbocycles. The normalized spacial score (nSPS) is 12.4. The van der Waals surface area contributed by atoms with Crippen LogP contribution in [0.2, 0.25) is 5.02 Å². The van der Waals surface area contributed by atoms with Gasteiger partial charge in [0.15, 0.2) is 0 Å². The molecule has 5 heteroatoms. The zero-order valence-corrected chi connectivity index (χ0v) is 12.2. The van der Waals surface area contributed by atoms with E-state index in [-0.39, 0.29) is 11.1 Å². The van der Waals surface area contributed by atoms with Crippen LogP contribution in [0.15, 0.2) is 29.6 Å². The molecule has 1 atom stereocenters. The third-order valence-electron chi connectivity index (χ3n) is 2.89. The Bertz CT molecular complexity index is 543. The summed E-state index contributed by atoms with van der Waals surface area (Å²) in [6, 6.07) is 7.07. The van der Waals surface area contributed by atoms with Crippen LogP contribution in [0.4, 0.5) is 15.8 Å². The molecule has 0 aliphatic rings. The number of anilines is 2. The molecule has 0 saturated heterocycles. The van der Waals surface area contributed by atoms with Crippen molar-refractivity contribution < 1.29 is 4.39 Å². The van der Waals surface area contributed by atoms with Crippen molar-refractivity contribution in [3.05, 3.63) is 45.4 Å². The fourth-order valence-electron chi connectivity index (χ4n) is 1.94. The second-order valence-electron chi connectivity index (χ2n) is 4.35. The molecule has 0 spiro atoms. The summed E-state index contributed by atoms with van der Waals surface area (Å²) in [6.07, 6.45) is 2.03. The predicted octanol–water partition coefficient (Wildman–Crippen LogP) is 5.08. The van der Waals surface area contributed by atoms with Crippen LogP contribution in [0.25, 0.3) is 0 Å². The molecule has 1 aromatic heterocycles. The van der Waals surface area contributed by atoms with Crippen molar-refractivity contribution in [1.29, 1.82) is 0 Å². The first-order valence-corrected chi connectivity index (χ1v) is 7.42. The van der Waals surface area contributed by atoms with E-state index in [1.807, 2.05) is 11.4 Å². The van der Waals surface area contributed by atoms with Crippen LogP contribution in [-0.2, 0) is 0 Å². The molecule has 0 bridgehead atoms. The highest BCUT2D eigenvalue weighted by Gasteiger charge is 2.14.